The topological polar surface area (TPSA) is 25.8 Å². The molecule has 7 heteroatoms. The predicted octanol–water partition coefficient (Wildman–Crippen LogP) is 4.51. The number of nitrogens with zero attached hydrogens (tertiary/aromatic N) is 2. The summed E-state index contributed by atoms with van der Waals surface area (Å²) in [5, 5.41) is -0.0326. The number of halogens is 5. The van der Waals surface area contributed by atoms with Gasteiger partial charge in [0.05, 0.1) is 5.52 Å². The Labute approximate surface area is 121 Å². The normalized spacial score (nSPS) is 11.1. The molecule has 0 unspecified atom stereocenters. The average molecular weight is 313 g/mol. The Bertz CT molecular complexity index is 847. The molecule has 1 aromatic heterocycles. The number of fused-ring (bicyclic) bond motifs is 1. The Balaban J connectivity index is 2.27. The van der Waals surface area contributed by atoms with E-state index >= 15 is 0 Å². The summed E-state index contributed by atoms with van der Waals surface area (Å²) in [5.74, 6) is -3.90. The fraction of sp³-hybridized carbons (Fsp3) is 0. The van der Waals surface area contributed by atoms with Crippen LogP contribution >= 0.6 is 11.6 Å². The van der Waals surface area contributed by atoms with Crippen LogP contribution in [-0.2, 0) is 0 Å². The Hall–Kier alpha value is -2.21. The van der Waals surface area contributed by atoms with Crippen molar-refractivity contribution in [2.75, 3.05) is 0 Å². The summed E-state index contributed by atoms with van der Waals surface area (Å²) in [4.78, 5) is 7.81. The van der Waals surface area contributed by atoms with Crippen LogP contribution in [0.15, 0.2) is 30.3 Å². The zero-order chi connectivity index (χ0) is 15.1. The maximum Gasteiger partial charge on any atom is 0.161 e. The van der Waals surface area contributed by atoms with E-state index in [9.17, 15) is 17.6 Å². The molecule has 0 saturated heterocycles. The fourth-order valence-corrected chi connectivity index (χ4v) is 2.13. The summed E-state index contributed by atoms with van der Waals surface area (Å²) in [7, 11) is 0. The minimum Gasteiger partial charge on any atom is -0.228 e. The zero-order valence-corrected chi connectivity index (χ0v) is 10.9. The second kappa shape index (κ2) is 4.96. The van der Waals surface area contributed by atoms with Crippen molar-refractivity contribution in [3.8, 4) is 11.4 Å². The molecule has 2 aromatic carbocycles. The lowest BCUT2D eigenvalue weighted by atomic mass is 10.2. The Kier molecular flexibility index (Phi) is 3.25. The Morgan fingerprint density at radius 1 is 0.762 bits per heavy atom. The van der Waals surface area contributed by atoms with Crippen molar-refractivity contribution in [2.45, 2.75) is 0 Å². The van der Waals surface area contributed by atoms with Crippen LogP contribution in [0.1, 0.15) is 0 Å². The maximum absolute atomic E-state index is 13.2. The van der Waals surface area contributed by atoms with Crippen molar-refractivity contribution in [3.63, 3.8) is 0 Å². The van der Waals surface area contributed by atoms with Gasteiger partial charge in [-0.05, 0) is 18.2 Å². The standard InChI is InChI=1S/C14H5ClF4N2/c15-13-9-4-10(18)11(19)5-12(9)20-14(21-13)6-1-7(16)3-8(17)2-6/h1-5H. The molecule has 0 amide bonds. The Morgan fingerprint density at radius 3 is 2.05 bits per heavy atom. The molecular formula is C14H5ClF4N2. The van der Waals surface area contributed by atoms with Gasteiger partial charge >= 0.3 is 0 Å². The average Bonchev–Trinajstić information content (AvgIpc) is 2.40. The van der Waals surface area contributed by atoms with E-state index in [0.717, 1.165) is 24.3 Å². The number of hydrogen-bond donors (Lipinski definition) is 0. The van der Waals surface area contributed by atoms with Gasteiger partial charge < -0.3 is 0 Å². The molecule has 0 spiro atoms. The second-order valence-corrected chi connectivity index (χ2v) is 4.64. The highest BCUT2D eigenvalue weighted by Gasteiger charge is 2.13. The van der Waals surface area contributed by atoms with Gasteiger partial charge in [-0.1, -0.05) is 11.6 Å². The number of rotatable bonds is 1. The SMILES string of the molecule is Fc1cc(F)cc(-c2nc(Cl)c3cc(F)c(F)cc3n2)c1. The second-order valence-electron chi connectivity index (χ2n) is 4.28. The molecular weight excluding hydrogens is 308 g/mol. The van der Waals surface area contributed by atoms with Crippen molar-refractivity contribution in [1.29, 1.82) is 0 Å². The van der Waals surface area contributed by atoms with Crippen molar-refractivity contribution in [3.05, 3.63) is 58.8 Å². The molecule has 0 aliphatic rings. The fourth-order valence-electron chi connectivity index (χ4n) is 1.90. The van der Waals surface area contributed by atoms with Gasteiger partial charge in [0.15, 0.2) is 17.5 Å². The third kappa shape index (κ3) is 2.54. The lowest BCUT2D eigenvalue weighted by molar-refractivity contribution is 0.510. The first-order valence-electron chi connectivity index (χ1n) is 5.73. The molecule has 3 aromatic rings. The van der Waals surface area contributed by atoms with Gasteiger partial charge in [-0.2, -0.15) is 0 Å². The molecule has 106 valence electrons. The monoisotopic (exact) mass is 312 g/mol. The molecule has 0 fully saturated rings. The number of aromatic nitrogens is 2. The summed E-state index contributed by atoms with van der Waals surface area (Å²) >= 11 is 5.89. The number of hydrogen-bond acceptors (Lipinski definition) is 2. The van der Waals surface area contributed by atoms with Crippen LogP contribution in [0.5, 0.6) is 0 Å². The van der Waals surface area contributed by atoms with Gasteiger partial charge in [0.25, 0.3) is 0 Å². The molecule has 0 saturated carbocycles. The van der Waals surface area contributed by atoms with E-state index < -0.39 is 23.3 Å². The molecule has 0 aliphatic heterocycles. The van der Waals surface area contributed by atoms with Gasteiger partial charge in [-0.15, -0.1) is 0 Å². The van der Waals surface area contributed by atoms with Crippen LogP contribution in [-0.4, -0.2) is 9.97 Å². The zero-order valence-electron chi connectivity index (χ0n) is 10.2. The molecule has 2 nitrogen and oxygen atoms in total. The van der Waals surface area contributed by atoms with Crippen LogP contribution < -0.4 is 0 Å². The van der Waals surface area contributed by atoms with E-state index in [1.54, 1.807) is 0 Å². The van der Waals surface area contributed by atoms with Crippen LogP contribution in [0.3, 0.4) is 0 Å². The van der Waals surface area contributed by atoms with Crippen LogP contribution in [0.4, 0.5) is 17.6 Å². The third-order valence-corrected chi connectivity index (χ3v) is 3.10. The molecule has 1 heterocycles. The van der Waals surface area contributed by atoms with E-state index in [4.69, 9.17) is 11.6 Å². The highest BCUT2D eigenvalue weighted by Crippen LogP contribution is 2.27. The third-order valence-electron chi connectivity index (χ3n) is 2.81. The maximum atomic E-state index is 13.2. The van der Waals surface area contributed by atoms with Crippen LogP contribution in [0, 0.1) is 23.3 Å². The first kappa shape index (κ1) is 13.8. The van der Waals surface area contributed by atoms with Crippen molar-refractivity contribution in [2.24, 2.45) is 0 Å². The van der Waals surface area contributed by atoms with Gasteiger partial charge in [0.1, 0.15) is 16.8 Å². The highest BCUT2D eigenvalue weighted by atomic mass is 35.5. The quantitative estimate of drug-likeness (QED) is 0.488. The summed E-state index contributed by atoms with van der Waals surface area (Å²) in [6.07, 6.45) is 0. The van der Waals surface area contributed by atoms with Gasteiger partial charge in [-0.3, -0.25) is 0 Å². The smallest absolute Gasteiger partial charge is 0.161 e. The largest absolute Gasteiger partial charge is 0.228 e. The summed E-state index contributed by atoms with van der Waals surface area (Å²) < 4.78 is 52.8. The first-order valence-corrected chi connectivity index (χ1v) is 6.10. The van der Waals surface area contributed by atoms with Gasteiger partial charge in [0.2, 0.25) is 0 Å². The van der Waals surface area contributed by atoms with E-state index in [1.165, 1.54) is 0 Å². The van der Waals surface area contributed by atoms with Crippen molar-refractivity contribution in [1.82, 2.24) is 9.97 Å². The van der Waals surface area contributed by atoms with E-state index in [2.05, 4.69) is 9.97 Å². The van der Waals surface area contributed by atoms with Gasteiger partial charge in [-0.25, -0.2) is 27.5 Å². The highest BCUT2D eigenvalue weighted by molar-refractivity contribution is 6.34. The molecule has 0 atom stereocenters. The van der Waals surface area contributed by atoms with E-state index in [1.807, 2.05) is 0 Å². The van der Waals surface area contributed by atoms with Crippen LogP contribution in [0.2, 0.25) is 5.15 Å². The lowest BCUT2D eigenvalue weighted by Gasteiger charge is -2.06. The minimum atomic E-state index is -1.10. The van der Waals surface area contributed by atoms with E-state index in [-0.39, 0.29) is 27.4 Å². The number of benzene rings is 2. The Morgan fingerprint density at radius 2 is 1.38 bits per heavy atom. The van der Waals surface area contributed by atoms with Crippen LogP contribution in [0.25, 0.3) is 22.3 Å². The molecule has 0 N–H and O–H groups in total. The van der Waals surface area contributed by atoms with Crippen molar-refractivity contribution >= 4 is 22.5 Å². The molecule has 0 aliphatic carbocycles. The van der Waals surface area contributed by atoms with E-state index in [0.29, 0.717) is 6.07 Å². The van der Waals surface area contributed by atoms with Gasteiger partial charge in [0, 0.05) is 23.1 Å². The summed E-state index contributed by atoms with van der Waals surface area (Å²) in [6, 6.07) is 4.43. The molecule has 0 radical (unpaired) electrons. The predicted molar refractivity (Wildman–Crippen MR) is 69.8 cm³/mol. The molecule has 3 rings (SSSR count). The van der Waals surface area contributed by atoms with Crippen molar-refractivity contribution < 1.29 is 17.6 Å². The minimum absolute atomic E-state index is 0.0357. The molecule has 21 heavy (non-hydrogen) atoms. The molecule has 0 bridgehead atoms. The first-order chi connectivity index (χ1) is 9.94. The lowest BCUT2D eigenvalue weighted by Crippen LogP contribution is -1.95. The summed E-state index contributed by atoms with van der Waals surface area (Å²) in [5.41, 5.74) is 0.0783. The summed E-state index contributed by atoms with van der Waals surface area (Å²) in [6.45, 7) is 0.